The highest BCUT2D eigenvalue weighted by Crippen LogP contribution is 2.21. The normalized spacial score (nSPS) is 11.8. The number of aromatic hydroxyl groups is 1. The molecule has 0 aliphatic carbocycles. The van der Waals surface area contributed by atoms with Crippen LogP contribution in [0.25, 0.3) is 0 Å². The second kappa shape index (κ2) is 6.22. The third-order valence-electron chi connectivity index (χ3n) is 2.62. The molecule has 1 aromatic rings. The van der Waals surface area contributed by atoms with Crippen molar-refractivity contribution in [2.45, 2.75) is 52.4 Å². The molecule has 0 fully saturated rings. The Kier molecular flexibility index (Phi) is 5.21. The largest absolute Gasteiger partial charge is 0.508 e. The predicted molar refractivity (Wildman–Crippen MR) is 74.9 cm³/mol. The van der Waals surface area contributed by atoms with E-state index in [0.29, 0.717) is 12.4 Å². The average molecular weight is 252 g/mol. The molecule has 1 rings (SSSR count). The number of aryl methyl sites for hydroxylation is 1. The monoisotopic (exact) mass is 252 g/mol. The minimum absolute atomic E-state index is 0.412. The number of phenolic OH excluding ortho intramolecular Hbond substituents is 1. The maximum atomic E-state index is 9.76. The van der Waals surface area contributed by atoms with Crippen LogP contribution in [0.4, 0.5) is 0 Å². The highest BCUT2D eigenvalue weighted by atomic mass is 28.4. The minimum atomic E-state index is -1.46. The highest BCUT2D eigenvalue weighted by Gasteiger charge is 2.14. The second-order valence-electron chi connectivity index (χ2n) is 5.47. The molecule has 2 nitrogen and oxygen atoms in total. The van der Waals surface area contributed by atoms with Crippen molar-refractivity contribution in [3.63, 3.8) is 0 Å². The lowest BCUT2D eigenvalue weighted by molar-refractivity contribution is 0.299. The van der Waals surface area contributed by atoms with E-state index >= 15 is 0 Å². The molecule has 0 bridgehead atoms. The van der Waals surface area contributed by atoms with Crippen LogP contribution in [0.15, 0.2) is 18.2 Å². The van der Waals surface area contributed by atoms with Gasteiger partial charge in [-0.15, -0.1) is 0 Å². The molecule has 0 saturated heterocycles. The van der Waals surface area contributed by atoms with E-state index in [0.717, 1.165) is 30.4 Å². The van der Waals surface area contributed by atoms with Crippen molar-refractivity contribution in [2.24, 2.45) is 0 Å². The molecule has 0 heterocycles. The maximum Gasteiger partial charge on any atom is 0.184 e. The molecule has 96 valence electrons. The van der Waals surface area contributed by atoms with Gasteiger partial charge in [-0.25, -0.2) is 0 Å². The van der Waals surface area contributed by atoms with Crippen molar-refractivity contribution in [1.82, 2.24) is 0 Å². The highest BCUT2D eigenvalue weighted by molar-refractivity contribution is 6.69. The van der Waals surface area contributed by atoms with Gasteiger partial charge in [0.05, 0.1) is 6.61 Å². The van der Waals surface area contributed by atoms with E-state index in [1.54, 1.807) is 6.07 Å². The van der Waals surface area contributed by atoms with Crippen LogP contribution in [0, 0.1) is 0 Å². The van der Waals surface area contributed by atoms with Gasteiger partial charge in [0.25, 0.3) is 0 Å². The topological polar surface area (TPSA) is 29.5 Å². The van der Waals surface area contributed by atoms with E-state index < -0.39 is 8.32 Å². The van der Waals surface area contributed by atoms with Crippen LogP contribution in [-0.4, -0.2) is 13.4 Å². The Bertz CT molecular complexity index is 356. The summed E-state index contributed by atoms with van der Waals surface area (Å²) in [5.41, 5.74) is 2.21. The van der Waals surface area contributed by atoms with Crippen LogP contribution in [0.3, 0.4) is 0 Å². The van der Waals surface area contributed by atoms with Crippen LogP contribution in [0.5, 0.6) is 5.75 Å². The van der Waals surface area contributed by atoms with E-state index in [1.807, 2.05) is 6.07 Å². The quantitative estimate of drug-likeness (QED) is 0.773. The van der Waals surface area contributed by atoms with Gasteiger partial charge in [-0.1, -0.05) is 19.4 Å². The lowest BCUT2D eigenvalue weighted by Crippen LogP contribution is -2.24. The fourth-order valence-electron chi connectivity index (χ4n) is 1.60. The molecular formula is C14H24O2Si. The van der Waals surface area contributed by atoms with Crippen molar-refractivity contribution < 1.29 is 9.53 Å². The second-order valence-corrected chi connectivity index (χ2v) is 9.98. The summed E-state index contributed by atoms with van der Waals surface area (Å²) < 4.78 is 5.87. The lowest BCUT2D eigenvalue weighted by Gasteiger charge is -2.17. The first-order valence-corrected chi connectivity index (χ1v) is 9.78. The molecular weight excluding hydrogens is 228 g/mol. The summed E-state index contributed by atoms with van der Waals surface area (Å²) in [5, 5.41) is 9.76. The molecule has 0 saturated carbocycles. The van der Waals surface area contributed by atoms with E-state index in [2.05, 4.69) is 32.6 Å². The molecule has 0 atom stereocenters. The first-order valence-electron chi connectivity index (χ1n) is 6.37. The van der Waals surface area contributed by atoms with Crippen molar-refractivity contribution in [1.29, 1.82) is 0 Å². The number of unbranched alkanes of at least 4 members (excludes halogenated alkanes) is 1. The Labute approximate surface area is 106 Å². The Morgan fingerprint density at radius 2 is 1.94 bits per heavy atom. The van der Waals surface area contributed by atoms with Crippen molar-refractivity contribution in [3.05, 3.63) is 29.3 Å². The first kappa shape index (κ1) is 14.3. The molecule has 3 heteroatoms. The van der Waals surface area contributed by atoms with Crippen LogP contribution < -0.4 is 0 Å². The Balaban J connectivity index is 2.67. The van der Waals surface area contributed by atoms with Gasteiger partial charge >= 0.3 is 0 Å². The molecule has 0 amide bonds. The molecule has 1 N–H and O–H groups in total. The van der Waals surface area contributed by atoms with Crippen molar-refractivity contribution >= 4 is 8.32 Å². The summed E-state index contributed by atoms with van der Waals surface area (Å²) in [4.78, 5) is 0. The van der Waals surface area contributed by atoms with Gasteiger partial charge in [0.1, 0.15) is 5.75 Å². The molecule has 17 heavy (non-hydrogen) atoms. The number of rotatable bonds is 6. The van der Waals surface area contributed by atoms with E-state index in [-0.39, 0.29) is 0 Å². The van der Waals surface area contributed by atoms with Gasteiger partial charge in [0, 0.05) is 0 Å². The molecule has 0 spiro atoms. The van der Waals surface area contributed by atoms with E-state index in [1.165, 1.54) is 0 Å². The first-order chi connectivity index (χ1) is 7.92. The number of phenols is 1. The average Bonchev–Trinajstić information content (AvgIpc) is 2.25. The summed E-state index contributed by atoms with van der Waals surface area (Å²) >= 11 is 0. The zero-order chi connectivity index (χ0) is 12.9. The van der Waals surface area contributed by atoms with E-state index in [9.17, 15) is 5.11 Å². The molecule has 0 aliphatic rings. The molecule has 1 aromatic carbocycles. The van der Waals surface area contributed by atoms with Gasteiger partial charge in [0.15, 0.2) is 8.32 Å². The fourth-order valence-corrected chi connectivity index (χ4v) is 2.20. The number of hydrogen-bond donors (Lipinski definition) is 1. The number of benzene rings is 1. The molecule has 0 aromatic heterocycles. The predicted octanol–water partition coefficient (Wildman–Crippen LogP) is 4.09. The van der Waals surface area contributed by atoms with Crippen molar-refractivity contribution in [2.75, 3.05) is 0 Å². The Hall–Kier alpha value is -0.803. The maximum absolute atomic E-state index is 9.76. The summed E-state index contributed by atoms with van der Waals surface area (Å²) in [6.45, 7) is 9.38. The van der Waals surface area contributed by atoms with Gasteiger partial charge in [-0.2, -0.15) is 0 Å². The Morgan fingerprint density at radius 1 is 1.24 bits per heavy atom. The van der Waals surface area contributed by atoms with E-state index in [4.69, 9.17) is 4.43 Å². The SMILES string of the molecule is CCCCc1cc(CO[Si](C)(C)C)ccc1O. The Morgan fingerprint density at radius 3 is 2.53 bits per heavy atom. The van der Waals surface area contributed by atoms with Gasteiger partial charge in [-0.3, -0.25) is 0 Å². The fraction of sp³-hybridized carbons (Fsp3) is 0.571. The molecule has 0 unspecified atom stereocenters. The van der Waals surface area contributed by atoms with Crippen LogP contribution in [0.2, 0.25) is 19.6 Å². The smallest absolute Gasteiger partial charge is 0.184 e. The zero-order valence-electron chi connectivity index (χ0n) is 11.4. The third-order valence-corrected chi connectivity index (χ3v) is 3.63. The summed E-state index contributed by atoms with van der Waals surface area (Å²) in [5.74, 6) is 0.412. The minimum Gasteiger partial charge on any atom is -0.508 e. The summed E-state index contributed by atoms with van der Waals surface area (Å²) in [7, 11) is -1.46. The lowest BCUT2D eigenvalue weighted by atomic mass is 10.0. The standard InChI is InChI=1S/C14H24O2Si/c1-5-6-7-13-10-12(8-9-14(13)15)11-16-17(2,3)4/h8-10,15H,5-7,11H2,1-4H3. The molecule has 0 aliphatic heterocycles. The van der Waals surface area contributed by atoms with Crippen LogP contribution >= 0.6 is 0 Å². The molecule has 0 radical (unpaired) electrons. The number of hydrogen-bond acceptors (Lipinski definition) is 2. The summed E-state index contributed by atoms with van der Waals surface area (Å²) in [6.07, 6.45) is 3.21. The zero-order valence-corrected chi connectivity index (χ0v) is 12.4. The van der Waals surface area contributed by atoms with Crippen molar-refractivity contribution in [3.8, 4) is 5.75 Å². The van der Waals surface area contributed by atoms with Gasteiger partial charge in [0.2, 0.25) is 0 Å². The van der Waals surface area contributed by atoms with Crippen LogP contribution in [0.1, 0.15) is 30.9 Å². The van der Waals surface area contributed by atoms with Gasteiger partial charge < -0.3 is 9.53 Å². The van der Waals surface area contributed by atoms with Gasteiger partial charge in [-0.05, 0) is 55.7 Å². The summed E-state index contributed by atoms with van der Waals surface area (Å²) in [6, 6.07) is 5.81. The third kappa shape index (κ3) is 5.37. The van der Waals surface area contributed by atoms with Crippen LogP contribution in [-0.2, 0) is 17.5 Å².